The maximum absolute atomic E-state index is 12.8. The Bertz CT molecular complexity index is 1180. The summed E-state index contributed by atoms with van der Waals surface area (Å²) in [5.74, 6) is 0.998. The summed E-state index contributed by atoms with van der Waals surface area (Å²) in [6.45, 7) is 0.588. The number of nitrogens with one attached hydrogen (secondary N) is 1. The van der Waals surface area contributed by atoms with E-state index in [4.69, 9.17) is 9.47 Å². The van der Waals surface area contributed by atoms with Crippen LogP contribution in [0.15, 0.2) is 83.8 Å². The van der Waals surface area contributed by atoms with E-state index in [9.17, 15) is 13.2 Å². The van der Waals surface area contributed by atoms with Crippen molar-refractivity contribution in [1.29, 1.82) is 0 Å². The number of ether oxygens (including phenoxy) is 2. The van der Waals surface area contributed by atoms with Gasteiger partial charge in [-0.1, -0.05) is 36.4 Å². The SMILES string of the molecule is CN(c1cccc(C(=O)NCC2COc3ccccc3O2)c1)S(=O)(=O)c1ccccc1. The molecule has 31 heavy (non-hydrogen) atoms. The van der Waals surface area contributed by atoms with Crippen LogP contribution < -0.4 is 19.1 Å². The summed E-state index contributed by atoms with van der Waals surface area (Å²) in [6, 6.07) is 22.0. The fourth-order valence-corrected chi connectivity index (χ4v) is 4.41. The minimum absolute atomic E-state index is 0.182. The molecular formula is C23H22N2O5S. The number of para-hydroxylation sites is 2. The molecule has 1 heterocycles. The van der Waals surface area contributed by atoms with E-state index in [1.165, 1.54) is 19.2 Å². The molecule has 8 heteroatoms. The van der Waals surface area contributed by atoms with E-state index in [2.05, 4.69) is 5.32 Å². The first-order valence-electron chi connectivity index (χ1n) is 9.76. The molecule has 1 aliphatic heterocycles. The van der Waals surface area contributed by atoms with Gasteiger partial charge in [0.25, 0.3) is 15.9 Å². The summed E-state index contributed by atoms with van der Waals surface area (Å²) in [4.78, 5) is 12.8. The van der Waals surface area contributed by atoms with Crippen LogP contribution in [-0.2, 0) is 10.0 Å². The number of rotatable bonds is 6. The highest BCUT2D eigenvalue weighted by molar-refractivity contribution is 7.92. The van der Waals surface area contributed by atoms with Crippen molar-refractivity contribution in [2.45, 2.75) is 11.0 Å². The third-order valence-corrected chi connectivity index (χ3v) is 6.73. The van der Waals surface area contributed by atoms with Gasteiger partial charge >= 0.3 is 0 Å². The number of carbonyl (C=O) groups excluding carboxylic acids is 1. The molecule has 0 spiro atoms. The van der Waals surface area contributed by atoms with Crippen LogP contribution in [0.5, 0.6) is 11.5 Å². The number of anilines is 1. The first-order chi connectivity index (χ1) is 14.9. The lowest BCUT2D eigenvalue weighted by atomic mass is 10.2. The molecule has 1 atom stereocenters. The molecule has 0 aromatic heterocycles. The van der Waals surface area contributed by atoms with Crippen molar-refractivity contribution < 1.29 is 22.7 Å². The Hall–Kier alpha value is -3.52. The summed E-state index contributed by atoms with van der Waals surface area (Å²) in [6.07, 6.45) is -0.317. The lowest BCUT2D eigenvalue weighted by molar-refractivity contribution is 0.0789. The van der Waals surface area contributed by atoms with Crippen LogP contribution >= 0.6 is 0 Å². The maximum atomic E-state index is 12.8. The number of nitrogens with zero attached hydrogens (tertiary/aromatic N) is 1. The first kappa shape index (κ1) is 20.7. The zero-order valence-corrected chi connectivity index (χ0v) is 17.7. The molecular weight excluding hydrogens is 416 g/mol. The topological polar surface area (TPSA) is 84.9 Å². The molecule has 7 nitrogen and oxygen atoms in total. The average Bonchev–Trinajstić information content (AvgIpc) is 2.82. The number of hydrogen-bond acceptors (Lipinski definition) is 5. The zero-order chi connectivity index (χ0) is 21.8. The number of carbonyl (C=O) groups is 1. The van der Waals surface area contributed by atoms with Crippen LogP contribution in [0.2, 0.25) is 0 Å². The Kier molecular flexibility index (Phi) is 5.81. The Morgan fingerprint density at radius 2 is 1.71 bits per heavy atom. The van der Waals surface area contributed by atoms with E-state index in [-0.39, 0.29) is 23.5 Å². The van der Waals surface area contributed by atoms with Crippen LogP contribution in [0.4, 0.5) is 5.69 Å². The van der Waals surface area contributed by atoms with Crippen LogP contribution in [0.3, 0.4) is 0 Å². The molecule has 0 saturated carbocycles. The van der Waals surface area contributed by atoms with Gasteiger partial charge < -0.3 is 14.8 Å². The summed E-state index contributed by atoms with van der Waals surface area (Å²) >= 11 is 0. The summed E-state index contributed by atoms with van der Waals surface area (Å²) in [7, 11) is -2.26. The molecule has 4 rings (SSSR count). The molecule has 0 aliphatic carbocycles. The van der Waals surface area contributed by atoms with Gasteiger partial charge in [0, 0.05) is 12.6 Å². The lowest BCUT2D eigenvalue weighted by Gasteiger charge is -2.26. The van der Waals surface area contributed by atoms with Gasteiger partial charge in [0.05, 0.1) is 17.1 Å². The van der Waals surface area contributed by atoms with Gasteiger partial charge in [-0.3, -0.25) is 9.10 Å². The highest BCUT2D eigenvalue weighted by Gasteiger charge is 2.23. The van der Waals surface area contributed by atoms with Gasteiger partial charge in [-0.2, -0.15) is 0 Å². The molecule has 1 amide bonds. The van der Waals surface area contributed by atoms with Crippen molar-refractivity contribution in [2.75, 3.05) is 24.5 Å². The van der Waals surface area contributed by atoms with Gasteiger partial charge in [0.15, 0.2) is 11.5 Å². The molecule has 1 N–H and O–H groups in total. The van der Waals surface area contributed by atoms with E-state index < -0.39 is 10.0 Å². The smallest absolute Gasteiger partial charge is 0.264 e. The molecule has 1 aliphatic rings. The number of amides is 1. The van der Waals surface area contributed by atoms with Gasteiger partial charge in [-0.25, -0.2) is 8.42 Å². The van der Waals surface area contributed by atoms with Crippen LogP contribution in [0, 0.1) is 0 Å². The highest BCUT2D eigenvalue weighted by Crippen LogP contribution is 2.30. The molecule has 0 bridgehead atoms. The Labute approximate surface area is 181 Å². The Balaban J connectivity index is 1.43. The summed E-state index contributed by atoms with van der Waals surface area (Å²) < 4.78 is 38.3. The second-order valence-electron chi connectivity index (χ2n) is 7.04. The van der Waals surface area contributed by atoms with Gasteiger partial charge in [0.1, 0.15) is 12.7 Å². The van der Waals surface area contributed by atoms with Crippen molar-refractivity contribution in [3.05, 3.63) is 84.4 Å². The van der Waals surface area contributed by atoms with Crippen LogP contribution in [0.25, 0.3) is 0 Å². The second kappa shape index (κ2) is 8.69. The average molecular weight is 439 g/mol. The van der Waals surface area contributed by atoms with Crippen molar-refractivity contribution in [1.82, 2.24) is 5.32 Å². The number of sulfonamides is 1. The predicted molar refractivity (Wildman–Crippen MR) is 117 cm³/mol. The van der Waals surface area contributed by atoms with E-state index in [1.54, 1.807) is 42.5 Å². The fraction of sp³-hybridized carbons (Fsp3) is 0.174. The van der Waals surface area contributed by atoms with Crippen LogP contribution in [0.1, 0.15) is 10.4 Å². The third kappa shape index (κ3) is 4.49. The van der Waals surface area contributed by atoms with Crippen molar-refractivity contribution in [2.24, 2.45) is 0 Å². The number of hydrogen-bond donors (Lipinski definition) is 1. The van der Waals surface area contributed by atoms with E-state index in [0.717, 1.165) is 4.31 Å². The molecule has 1 unspecified atom stereocenters. The van der Waals surface area contributed by atoms with Gasteiger partial charge in [-0.15, -0.1) is 0 Å². The summed E-state index contributed by atoms with van der Waals surface area (Å²) in [5, 5.41) is 2.82. The van der Waals surface area contributed by atoms with Crippen molar-refractivity contribution >= 4 is 21.6 Å². The minimum Gasteiger partial charge on any atom is -0.486 e. The monoisotopic (exact) mass is 438 g/mol. The molecule has 0 fully saturated rings. The van der Waals surface area contributed by atoms with E-state index in [1.807, 2.05) is 24.3 Å². The van der Waals surface area contributed by atoms with Crippen molar-refractivity contribution in [3.63, 3.8) is 0 Å². The van der Waals surface area contributed by atoms with E-state index in [0.29, 0.717) is 29.4 Å². The standard InChI is InChI=1S/C23H22N2O5S/c1-25(31(27,28)20-10-3-2-4-11-20)18-9-7-8-17(14-18)23(26)24-15-19-16-29-21-12-5-6-13-22(21)30-19/h2-14,19H,15-16H2,1H3,(H,24,26). The Morgan fingerprint density at radius 3 is 2.48 bits per heavy atom. The molecule has 3 aromatic carbocycles. The largest absolute Gasteiger partial charge is 0.486 e. The normalized spacial score (nSPS) is 15.2. The fourth-order valence-electron chi connectivity index (χ4n) is 3.20. The minimum atomic E-state index is -3.73. The lowest BCUT2D eigenvalue weighted by Crippen LogP contribution is -2.40. The number of fused-ring (bicyclic) bond motifs is 1. The second-order valence-corrected chi connectivity index (χ2v) is 9.01. The van der Waals surface area contributed by atoms with Crippen molar-refractivity contribution in [3.8, 4) is 11.5 Å². The molecule has 3 aromatic rings. The highest BCUT2D eigenvalue weighted by atomic mass is 32.2. The third-order valence-electron chi connectivity index (χ3n) is 4.93. The summed E-state index contributed by atoms with van der Waals surface area (Å²) in [5.41, 5.74) is 0.743. The molecule has 0 saturated heterocycles. The predicted octanol–water partition coefficient (Wildman–Crippen LogP) is 3.08. The van der Waals surface area contributed by atoms with Crippen LogP contribution in [-0.4, -0.2) is 40.6 Å². The molecule has 160 valence electrons. The zero-order valence-electron chi connectivity index (χ0n) is 16.9. The van der Waals surface area contributed by atoms with Gasteiger partial charge in [0.2, 0.25) is 0 Å². The first-order valence-corrected chi connectivity index (χ1v) is 11.2. The maximum Gasteiger partial charge on any atom is 0.264 e. The quantitative estimate of drug-likeness (QED) is 0.639. The van der Waals surface area contributed by atoms with E-state index >= 15 is 0 Å². The number of benzene rings is 3. The Morgan fingerprint density at radius 1 is 1.00 bits per heavy atom. The van der Waals surface area contributed by atoms with Gasteiger partial charge in [-0.05, 0) is 42.5 Å². The molecule has 0 radical (unpaired) electrons.